The Morgan fingerprint density at radius 3 is 2.11 bits per heavy atom. The van der Waals surface area contributed by atoms with E-state index in [1.165, 1.54) is 63.4 Å². The van der Waals surface area contributed by atoms with Crippen LogP contribution in [0.4, 0.5) is 0 Å². The summed E-state index contributed by atoms with van der Waals surface area (Å²) in [5, 5.41) is 0. The zero-order valence-corrected chi connectivity index (χ0v) is 13.3. The smallest absolute Gasteiger partial charge is 0.0274 e. The molecule has 0 amide bonds. The summed E-state index contributed by atoms with van der Waals surface area (Å²) in [5.74, 6) is 0. The number of benzene rings is 1. The van der Waals surface area contributed by atoms with Gasteiger partial charge in [0.05, 0.1) is 0 Å². The zero-order valence-electron chi connectivity index (χ0n) is 13.3. The van der Waals surface area contributed by atoms with Gasteiger partial charge in [-0.1, -0.05) is 89.6 Å². The average Bonchev–Trinajstić information content (AvgIpc) is 2.42. The van der Waals surface area contributed by atoms with Crippen molar-refractivity contribution in [1.29, 1.82) is 0 Å². The Morgan fingerprint density at radius 1 is 0.789 bits per heavy atom. The lowest BCUT2D eigenvalue weighted by Crippen LogP contribution is -2.12. The van der Waals surface area contributed by atoms with E-state index in [1.54, 1.807) is 0 Å². The van der Waals surface area contributed by atoms with Crippen molar-refractivity contribution in [2.45, 2.75) is 78.6 Å². The van der Waals surface area contributed by atoms with Crippen molar-refractivity contribution in [1.82, 2.24) is 0 Å². The molecule has 0 heteroatoms. The number of unbranched alkanes of at least 4 members (excludes halogenated alkanes) is 5. The fourth-order valence-corrected chi connectivity index (χ4v) is 2.64. The van der Waals surface area contributed by atoms with Gasteiger partial charge in [-0.25, -0.2) is 0 Å². The topological polar surface area (TPSA) is 0 Å². The van der Waals surface area contributed by atoms with Crippen LogP contribution in [-0.2, 0) is 6.42 Å². The van der Waals surface area contributed by atoms with Crippen LogP contribution in [0.3, 0.4) is 0 Å². The minimum absolute atomic E-state index is 0.501. The minimum Gasteiger partial charge on any atom is -0.0654 e. The largest absolute Gasteiger partial charge is 0.0654 e. The van der Waals surface area contributed by atoms with Crippen molar-refractivity contribution < 1.29 is 0 Å². The molecule has 0 radical (unpaired) electrons. The van der Waals surface area contributed by atoms with Crippen LogP contribution in [0, 0.1) is 5.41 Å². The van der Waals surface area contributed by atoms with E-state index in [0.717, 1.165) is 0 Å². The second-order valence-corrected chi connectivity index (χ2v) is 6.67. The fraction of sp³-hybridized carbons (Fsp3) is 0.684. The molecular formula is C19H32. The van der Waals surface area contributed by atoms with Gasteiger partial charge in [-0.3, -0.25) is 0 Å². The molecule has 0 N–H and O–H groups in total. The van der Waals surface area contributed by atoms with Gasteiger partial charge in [0.1, 0.15) is 0 Å². The van der Waals surface area contributed by atoms with Crippen molar-refractivity contribution in [3.8, 4) is 0 Å². The van der Waals surface area contributed by atoms with E-state index in [9.17, 15) is 0 Å². The van der Waals surface area contributed by atoms with E-state index in [-0.39, 0.29) is 0 Å². The maximum absolute atomic E-state index is 2.43. The van der Waals surface area contributed by atoms with Crippen molar-refractivity contribution in [3.63, 3.8) is 0 Å². The first kappa shape index (κ1) is 16.3. The third-order valence-electron chi connectivity index (χ3n) is 4.14. The fourth-order valence-electron chi connectivity index (χ4n) is 2.64. The van der Waals surface area contributed by atoms with Crippen molar-refractivity contribution in [2.24, 2.45) is 5.41 Å². The Bertz CT molecular complexity index is 310. The van der Waals surface area contributed by atoms with E-state index in [4.69, 9.17) is 0 Å². The molecule has 0 saturated heterocycles. The first-order valence-electron chi connectivity index (χ1n) is 8.18. The van der Waals surface area contributed by atoms with Gasteiger partial charge in [-0.05, 0) is 30.2 Å². The molecule has 1 rings (SSSR count). The highest BCUT2D eigenvalue weighted by Gasteiger charge is 2.16. The van der Waals surface area contributed by atoms with Gasteiger partial charge in [0.2, 0.25) is 0 Å². The van der Waals surface area contributed by atoms with Crippen LogP contribution in [-0.4, -0.2) is 0 Å². The standard InChI is InChI=1S/C19H32/c1-4-5-6-7-8-12-16-19(2,3)17-15-18-13-10-9-11-14-18/h9-11,13-14H,4-8,12,15-17H2,1-3H3. The molecule has 1 aromatic rings. The zero-order chi connectivity index (χ0) is 14.0. The molecule has 0 aliphatic carbocycles. The molecule has 0 bridgehead atoms. The van der Waals surface area contributed by atoms with E-state index in [0.29, 0.717) is 5.41 Å². The van der Waals surface area contributed by atoms with E-state index >= 15 is 0 Å². The van der Waals surface area contributed by atoms with Crippen molar-refractivity contribution in [2.75, 3.05) is 0 Å². The van der Waals surface area contributed by atoms with Crippen LogP contribution in [0.1, 0.15) is 77.7 Å². The molecule has 0 aromatic heterocycles. The lowest BCUT2D eigenvalue weighted by Gasteiger charge is -2.24. The molecule has 0 nitrogen and oxygen atoms in total. The molecule has 19 heavy (non-hydrogen) atoms. The predicted octanol–water partition coefficient (Wildman–Crippen LogP) is 6.40. The van der Waals surface area contributed by atoms with Crippen LogP contribution in [0.15, 0.2) is 30.3 Å². The normalized spacial score (nSPS) is 11.7. The monoisotopic (exact) mass is 260 g/mol. The van der Waals surface area contributed by atoms with Crippen LogP contribution < -0.4 is 0 Å². The number of aryl methyl sites for hydroxylation is 1. The Kier molecular flexibility index (Phi) is 7.86. The predicted molar refractivity (Wildman–Crippen MR) is 86.5 cm³/mol. The first-order valence-corrected chi connectivity index (χ1v) is 8.18. The summed E-state index contributed by atoms with van der Waals surface area (Å²) in [4.78, 5) is 0. The highest BCUT2D eigenvalue weighted by molar-refractivity contribution is 5.14. The summed E-state index contributed by atoms with van der Waals surface area (Å²) in [6, 6.07) is 10.9. The molecule has 0 saturated carbocycles. The Balaban J connectivity index is 2.13. The van der Waals surface area contributed by atoms with Crippen LogP contribution in [0.25, 0.3) is 0 Å². The molecular weight excluding hydrogens is 228 g/mol. The molecule has 1 aromatic carbocycles. The van der Waals surface area contributed by atoms with Gasteiger partial charge < -0.3 is 0 Å². The van der Waals surface area contributed by atoms with Gasteiger partial charge in [-0.2, -0.15) is 0 Å². The molecule has 0 aliphatic rings. The summed E-state index contributed by atoms with van der Waals surface area (Å²) in [5.41, 5.74) is 1.99. The maximum atomic E-state index is 2.43. The van der Waals surface area contributed by atoms with Crippen LogP contribution >= 0.6 is 0 Å². The lowest BCUT2D eigenvalue weighted by molar-refractivity contribution is 0.294. The van der Waals surface area contributed by atoms with Crippen molar-refractivity contribution >= 4 is 0 Å². The number of hydrogen-bond donors (Lipinski definition) is 0. The van der Waals surface area contributed by atoms with Crippen LogP contribution in [0.5, 0.6) is 0 Å². The summed E-state index contributed by atoms with van der Waals surface area (Å²) in [7, 11) is 0. The summed E-state index contributed by atoms with van der Waals surface area (Å²) < 4.78 is 0. The SMILES string of the molecule is CCCCCCCCC(C)(C)CCc1ccccc1. The molecule has 0 aliphatic heterocycles. The third kappa shape index (κ3) is 8.08. The number of rotatable bonds is 10. The molecule has 108 valence electrons. The quantitative estimate of drug-likeness (QED) is 0.427. The Labute approximate surface area is 120 Å². The maximum Gasteiger partial charge on any atom is -0.0274 e. The molecule has 0 atom stereocenters. The lowest BCUT2D eigenvalue weighted by atomic mass is 9.81. The van der Waals surface area contributed by atoms with Gasteiger partial charge in [0, 0.05) is 0 Å². The summed E-state index contributed by atoms with van der Waals surface area (Å²) in [6.45, 7) is 7.15. The third-order valence-corrected chi connectivity index (χ3v) is 4.14. The minimum atomic E-state index is 0.501. The molecule has 0 unspecified atom stereocenters. The van der Waals surface area contributed by atoms with Crippen molar-refractivity contribution in [3.05, 3.63) is 35.9 Å². The Morgan fingerprint density at radius 2 is 1.42 bits per heavy atom. The Hall–Kier alpha value is -0.780. The number of hydrogen-bond acceptors (Lipinski definition) is 0. The van der Waals surface area contributed by atoms with Gasteiger partial charge in [-0.15, -0.1) is 0 Å². The molecule has 0 heterocycles. The van der Waals surface area contributed by atoms with E-state index < -0.39 is 0 Å². The second kappa shape index (κ2) is 9.18. The average molecular weight is 260 g/mol. The van der Waals surface area contributed by atoms with E-state index in [2.05, 4.69) is 51.1 Å². The van der Waals surface area contributed by atoms with Crippen LogP contribution in [0.2, 0.25) is 0 Å². The van der Waals surface area contributed by atoms with Gasteiger partial charge in [0.25, 0.3) is 0 Å². The summed E-state index contributed by atoms with van der Waals surface area (Å²) >= 11 is 0. The van der Waals surface area contributed by atoms with Gasteiger partial charge >= 0.3 is 0 Å². The highest BCUT2D eigenvalue weighted by Crippen LogP contribution is 2.29. The first-order chi connectivity index (χ1) is 9.14. The van der Waals surface area contributed by atoms with E-state index in [1.807, 2.05) is 0 Å². The van der Waals surface area contributed by atoms with Gasteiger partial charge in [0.15, 0.2) is 0 Å². The molecule has 0 fully saturated rings. The highest BCUT2D eigenvalue weighted by atomic mass is 14.2. The summed E-state index contributed by atoms with van der Waals surface area (Å²) in [6.07, 6.45) is 12.4. The second-order valence-electron chi connectivity index (χ2n) is 6.67. The molecule has 0 spiro atoms.